The first-order valence-corrected chi connectivity index (χ1v) is 6.43. The number of nitrogens with two attached hydrogens (primary N) is 1. The smallest absolute Gasteiger partial charge is 0.244 e. The van der Waals surface area contributed by atoms with Crippen LogP contribution in [0.5, 0.6) is 0 Å². The number of nitrogens with one attached hydrogen (secondary N) is 1. The second kappa shape index (κ2) is 5.92. The molecule has 0 aliphatic carbocycles. The molecule has 3 N–H and O–H groups in total. The molecule has 104 valence electrons. The van der Waals surface area contributed by atoms with Crippen molar-refractivity contribution in [3.8, 4) is 0 Å². The summed E-state index contributed by atoms with van der Waals surface area (Å²) < 4.78 is 13.6. The van der Waals surface area contributed by atoms with Crippen LogP contribution in [0.25, 0.3) is 0 Å². The average molecular weight is 293 g/mol. The molecule has 0 spiro atoms. The number of hydrogen-bond donors (Lipinski definition) is 2. The van der Waals surface area contributed by atoms with Crippen LogP contribution >= 0.6 is 11.6 Å². The van der Waals surface area contributed by atoms with E-state index < -0.39 is 11.9 Å². The summed E-state index contributed by atoms with van der Waals surface area (Å²) in [7, 11) is 0. The normalized spacial score (nSPS) is 11.9. The standard InChI is InChI=1S/C15H14ClFN2O/c1-9-6-7-10(8-12(9)17)14(15(18)20)19-13-5-3-2-4-11(13)16/h2-8,14,19H,1H3,(H2,18,20). The zero-order chi connectivity index (χ0) is 14.7. The van der Waals surface area contributed by atoms with Gasteiger partial charge in [0.15, 0.2) is 0 Å². The van der Waals surface area contributed by atoms with Crippen molar-refractivity contribution in [1.29, 1.82) is 0 Å². The first-order valence-electron chi connectivity index (χ1n) is 6.05. The van der Waals surface area contributed by atoms with Crippen LogP contribution in [0.4, 0.5) is 10.1 Å². The lowest BCUT2D eigenvalue weighted by Crippen LogP contribution is -2.28. The fourth-order valence-electron chi connectivity index (χ4n) is 1.84. The van der Waals surface area contributed by atoms with E-state index in [0.29, 0.717) is 21.8 Å². The van der Waals surface area contributed by atoms with Gasteiger partial charge in [-0.3, -0.25) is 4.79 Å². The quantitative estimate of drug-likeness (QED) is 0.907. The molecule has 20 heavy (non-hydrogen) atoms. The lowest BCUT2D eigenvalue weighted by atomic mass is 10.0. The zero-order valence-electron chi connectivity index (χ0n) is 10.9. The Hall–Kier alpha value is -2.07. The van der Waals surface area contributed by atoms with E-state index in [1.165, 1.54) is 6.07 Å². The molecule has 2 aromatic rings. The van der Waals surface area contributed by atoms with Crippen molar-refractivity contribution in [1.82, 2.24) is 0 Å². The van der Waals surface area contributed by atoms with Gasteiger partial charge in [-0.1, -0.05) is 35.9 Å². The van der Waals surface area contributed by atoms with Crippen LogP contribution in [-0.2, 0) is 4.79 Å². The van der Waals surface area contributed by atoms with Crippen molar-refractivity contribution in [3.63, 3.8) is 0 Å². The molecule has 0 saturated heterocycles. The van der Waals surface area contributed by atoms with Crippen molar-refractivity contribution >= 4 is 23.2 Å². The number of halogens is 2. The molecule has 1 atom stereocenters. The van der Waals surface area contributed by atoms with E-state index in [4.69, 9.17) is 17.3 Å². The van der Waals surface area contributed by atoms with E-state index in [1.807, 2.05) is 0 Å². The number of benzene rings is 2. The molecular weight excluding hydrogens is 279 g/mol. The Morgan fingerprint density at radius 1 is 1.30 bits per heavy atom. The van der Waals surface area contributed by atoms with Gasteiger partial charge in [-0.25, -0.2) is 4.39 Å². The second-order valence-corrected chi connectivity index (χ2v) is 4.88. The molecule has 5 heteroatoms. The predicted octanol–water partition coefficient (Wildman–Crippen LogP) is 3.43. The number of rotatable bonds is 4. The van der Waals surface area contributed by atoms with Crippen molar-refractivity contribution < 1.29 is 9.18 Å². The number of amides is 1. The number of primary amides is 1. The molecular formula is C15H14ClFN2O. The Bertz CT molecular complexity index is 646. The Morgan fingerprint density at radius 3 is 2.60 bits per heavy atom. The number of carbonyl (C=O) groups is 1. The first kappa shape index (κ1) is 14.3. The Labute approximate surface area is 121 Å². The third kappa shape index (κ3) is 3.08. The van der Waals surface area contributed by atoms with Gasteiger partial charge in [-0.15, -0.1) is 0 Å². The van der Waals surface area contributed by atoms with Gasteiger partial charge >= 0.3 is 0 Å². The average Bonchev–Trinajstić information content (AvgIpc) is 2.41. The maximum atomic E-state index is 13.6. The molecule has 2 aromatic carbocycles. The topological polar surface area (TPSA) is 55.1 Å². The molecule has 1 unspecified atom stereocenters. The number of aryl methyl sites for hydroxylation is 1. The third-order valence-corrected chi connectivity index (χ3v) is 3.32. The summed E-state index contributed by atoms with van der Waals surface area (Å²) in [6.07, 6.45) is 0. The van der Waals surface area contributed by atoms with Crippen molar-refractivity contribution in [2.45, 2.75) is 13.0 Å². The fourth-order valence-corrected chi connectivity index (χ4v) is 2.03. The Balaban J connectivity index is 2.34. The molecule has 0 heterocycles. The van der Waals surface area contributed by atoms with Crippen LogP contribution in [0.3, 0.4) is 0 Å². The SMILES string of the molecule is Cc1ccc(C(Nc2ccccc2Cl)C(N)=O)cc1F. The molecule has 3 nitrogen and oxygen atoms in total. The van der Waals surface area contributed by atoms with Gasteiger partial charge in [0, 0.05) is 0 Å². The summed E-state index contributed by atoms with van der Waals surface area (Å²) in [4.78, 5) is 11.6. The van der Waals surface area contributed by atoms with Crippen LogP contribution in [0.2, 0.25) is 5.02 Å². The summed E-state index contributed by atoms with van der Waals surface area (Å²) in [5.41, 5.74) is 6.92. The van der Waals surface area contributed by atoms with Gasteiger partial charge in [0.05, 0.1) is 10.7 Å². The van der Waals surface area contributed by atoms with Gasteiger partial charge < -0.3 is 11.1 Å². The van der Waals surface area contributed by atoms with E-state index >= 15 is 0 Å². The molecule has 0 aliphatic rings. The molecule has 1 amide bonds. The summed E-state index contributed by atoms with van der Waals surface area (Å²) in [5.74, 6) is -0.983. The number of para-hydroxylation sites is 1. The monoisotopic (exact) mass is 292 g/mol. The van der Waals surface area contributed by atoms with E-state index in [2.05, 4.69) is 5.32 Å². The van der Waals surface area contributed by atoms with E-state index in [9.17, 15) is 9.18 Å². The maximum Gasteiger partial charge on any atom is 0.244 e. The minimum atomic E-state index is -0.843. The lowest BCUT2D eigenvalue weighted by molar-refractivity contribution is -0.118. The van der Waals surface area contributed by atoms with Crippen molar-refractivity contribution in [2.75, 3.05) is 5.32 Å². The van der Waals surface area contributed by atoms with Crippen LogP contribution in [0, 0.1) is 12.7 Å². The van der Waals surface area contributed by atoms with Crippen molar-refractivity contribution in [3.05, 3.63) is 64.4 Å². The molecule has 0 bridgehead atoms. The molecule has 0 aliphatic heterocycles. The maximum absolute atomic E-state index is 13.6. The van der Waals surface area contributed by atoms with Gasteiger partial charge in [-0.2, -0.15) is 0 Å². The van der Waals surface area contributed by atoms with E-state index in [1.54, 1.807) is 43.3 Å². The van der Waals surface area contributed by atoms with Crippen LogP contribution in [0.15, 0.2) is 42.5 Å². The van der Waals surface area contributed by atoms with Crippen LogP contribution in [0.1, 0.15) is 17.2 Å². The summed E-state index contributed by atoms with van der Waals surface area (Å²) in [6.45, 7) is 1.65. The first-order chi connectivity index (χ1) is 9.49. The number of anilines is 1. The van der Waals surface area contributed by atoms with Gasteiger partial charge in [0.25, 0.3) is 0 Å². The zero-order valence-corrected chi connectivity index (χ0v) is 11.6. The van der Waals surface area contributed by atoms with Crippen LogP contribution in [-0.4, -0.2) is 5.91 Å². The summed E-state index contributed by atoms with van der Waals surface area (Å²) in [5, 5.41) is 3.40. The third-order valence-electron chi connectivity index (χ3n) is 2.99. The highest BCUT2D eigenvalue weighted by atomic mass is 35.5. The molecule has 0 aromatic heterocycles. The Morgan fingerprint density at radius 2 is 2.00 bits per heavy atom. The molecule has 0 saturated carbocycles. The van der Waals surface area contributed by atoms with Crippen LogP contribution < -0.4 is 11.1 Å². The largest absolute Gasteiger partial charge is 0.369 e. The lowest BCUT2D eigenvalue weighted by Gasteiger charge is -2.18. The molecule has 0 radical (unpaired) electrons. The highest BCUT2D eigenvalue weighted by Gasteiger charge is 2.19. The highest BCUT2D eigenvalue weighted by molar-refractivity contribution is 6.33. The van der Waals surface area contributed by atoms with Crippen molar-refractivity contribution in [2.24, 2.45) is 5.73 Å². The molecule has 2 rings (SSSR count). The van der Waals surface area contributed by atoms with Gasteiger partial charge in [0.1, 0.15) is 11.9 Å². The number of hydrogen-bond acceptors (Lipinski definition) is 2. The van der Waals surface area contributed by atoms with Gasteiger partial charge in [0.2, 0.25) is 5.91 Å². The predicted molar refractivity (Wildman–Crippen MR) is 78.1 cm³/mol. The number of carbonyl (C=O) groups excluding carboxylic acids is 1. The molecule has 0 fully saturated rings. The minimum Gasteiger partial charge on any atom is -0.369 e. The Kier molecular flexibility index (Phi) is 4.25. The summed E-state index contributed by atoms with van der Waals surface area (Å²) in [6, 6.07) is 10.7. The second-order valence-electron chi connectivity index (χ2n) is 4.47. The fraction of sp³-hybridized carbons (Fsp3) is 0.133. The highest BCUT2D eigenvalue weighted by Crippen LogP contribution is 2.26. The van der Waals surface area contributed by atoms with E-state index in [0.717, 1.165) is 0 Å². The minimum absolute atomic E-state index is 0.380. The van der Waals surface area contributed by atoms with E-state index in [-0.39, 0.29) is 5.82 Å². The van der Waals surface area contributed by atoms with Gasteiger partial charge in [-0.05, 0) is 36.2 Å². The summed E-state index contributed by atoms with van der Waals surface area (Å²) >= 11 is 6.03.